The minimum atomic E-state index is -0.0315. The molecule has 88 valence electrons. The van der Waals surface area contributed by atoms with Crippen LogP contribution >= 0.6 is 24.0 Å². The second-order valence-corrected chi connectivity index (χ2v) is 5.19. The summed E-state index contributed by atoms with van der Waals surface area (Å²) in [5.74, 6) is 0.380. The number of carbonyl (C=O) groups is 1. The molecule has 1 aromatic rings. The maximum Gasteiger partial charge on any atom is 0.259 e. The van der Waals surface area contributed by atoms with Gasteiger partial charge in [0.1, 0.15) is 0 Å². The van der Waals surface area contributed by atoms with Gasteiger partial charge in [-0.1, -0.05) is 54.3 Å². The Kier molecular flexibility index (Phi) is 4.28. The van der Waals surface area contributed by atoms with Crippen LogP contribution in [0.25, 0.3) is 0 Å². The normalized spacial score (nSPS) is 16.1. The van der Waals surface area contributed by atoms with Crippen LogP contribution in [-0.2, 0) is 11.2 Å². The number of benzene rings is 1. The number of hydrogen-bond acceptors (Lipinski definition) is 4. The van der Waals surface area contributed by atoms with E-state index in [2.05, 4.69) is 17.2 Å². The Balaban J connectivity index is 1.82. The highest BCUT2D eigenvalue weighted by Gasteiger charge is 2.25. The van der Waals surface area contributed by atoms with E-state index < -0.39 is 0 Å². The number of carbonyl (C=O) groups excluding carboxylic acids is 1. The SMILES string of the molecule is O=C1CSC(=S)N1N=CCCc1ccccc1. The van der Waals surface area contributed by atoms with Crippen molar-refractivity contribution in [1.82, 2.24) is 5.01 Å². The van der Waals surface area contributed by atoms with Crippen molar-refractivity contribution in [2.75, 3.05) is 5.75 Å². The van der Waals surface area contributed by atoms with Crippen molar-refractivity contribution in [3.63, 3.8) is 0 Å². The predicted molar refractivity (Wildman–Crippen MR) is 75.2 cm³/mol. The molecule has 1 aliphatic rings. The number of amides is 1. The number of nitrogens with zero attached hydrogens (tertiary/aromatic N) is 2. The summed E-state index contributed by atoms with van der Waals surface area (Å²) < 4.78 is 0.547. The maximum atomic E-state index is 11.4. The van der Waals surface area contributed by atoms with Gasteiger partial charge in [-0.05, 0) is 18.4 Å². The van der Waals surface area contributed by atoms with Gasteiger partial charge in [0.25, 0.3) is 5.91 Å². The molecular formula is C12H12N2OS2. The molecular weight excluding hydrogens is 252 g/mol. The lowest BCUT2D eigenvalue weighted by Crippen LogP contribution is -2.22. The fourth-order valence-electron chi connectivity index (χ4n) is 1.47. The summed E-state index contributed by atoms with van der Waals surface area (Å²) in [7, 11) is 0. The van der Waals surface area contributed by atoms with Gasteiger partial charge < -0.3 is 0 Å². The first-order valence-corrected chi connectivity index (χ1v) is 6.73. The molecule has 2 rings (SSSR count). The lowest BCUT2D eigenvalue weighted by atomic mass is 10.1. The molecule has 1 saturated heterocycles. The number of aryl methyl sites for hydroxylation is 1. The Morgan fingerprint density at radius 1 is 1.41 bits per heavy atom. The van der Waals surface area contributed by atoms with Crippen LogP contribution < -0.4 is 0 Å². The van der Waals surface area contributed by atoms with Crippen molar-refractivity contribution >= 4 is 40.4 Å². The molecule has 1 aromatic carbocycles. The average Bonchev–Trinajstić information content (AvgIpc) is 2.67. The monoisotopic (exact) mass is 264 g/mol. The van der Waals surface area contributed by atoms with E-state index in [4.69, 9.17) is 12.2 Å². The highest BCUT2D eigenvalue weighted by Crippen LogP contribution is 2.19. The van der Waals surface area contributed by atoms with Crippen LogP contribution in [0.3, 0.4) is 0 Å². The quantitative estimate of drug-likeness (QED) is 0.618. The minimum absolute atomic E-state index is 0.0315. The van der Waals surface area contributed by atoms with Crippen LogP contribution in [0.1, 0.15) is 12.0 Å². The van der Waals surface area contributed by atoms with Crippen LogP contribution in [-0.4, -0.2) is 27.2 Å². The Morgan fingerprint density at radius 2 is 2.18 bits per heavy atom. The van der Waals surface area contributed by atoms with E-state index in [-0.39, 0.29) is 5.91 Å². The molecule has 0 atom stereocenters. The second kappa shape index (κ2) is 5.93. The third-order valence-corrected chi connectivity index (χ3v) is 3.67. The van der Waals surface area contributed by atoms with E-state index >= 15 is 0 Å². The molecule has 0 bridgehead atoms. The lowest BCUT2D eigenvalue weighted by molar-refractivity contribution is -0.124. The first-order chi connectivity index (χ1) is 8.27. The van der Waals surface area contributed by atoms with Crippen LogP contribution in [0.15, 0.2) is 35.4 Å². The van der Waals surface area contributed by atoms with Crippen molar-refractivity contribution in [1.29, 1.82) is 0 Å². The Bertz CT molecular complexity index is 429. The van der Waals surface area contributed by atoms with E-state index in [1.165, 1.54) is 22.3 Å². The lowest BCUT2D eigenvalue weighted by Gasteiger charge is -2.06. The van der Waals surface area contributed by atoms with Crippen LogP contribution in [0.5, 0.6) is 0 Å². The van der Waals surface area contributed by atoms with Crippen LogP contribution in [0.4, 0.5) is 0 Å². The van der Waals surface area contributed by atoms with E-state index in [9.17, 15) is 4.79 Å². The van der Waals surface area contributed by atoms with Gasteiger partial charge in [-0.3, -0.25) is 4.79 Å². The summed E-state index contributed by atoms with van der Waals surface area (Å²) in [5.41, 5.74) is 1.27. The Morgan fingerprint density at radius 3 is 2.82 bits per heavy atom. The van der Waals surface area contributed by atoms with Gasteiger partial charge in [-0.2, -0.15) is 10.1 Å². The summed E-state index contributed by atoms with van der Waals surface area (Å²) in [6.45, 7) is 0. The first kappa shape index (κ1) is 12.3. The molecule has 3 nitrogen and oxygen atoms in total. The summed E-state index contributed by atoms with van der Waals surface area (Å²) in [5, 5.41) is 5.41. The van der Waals surface area contributed by atoms with Crippen molar-refractivity contribution < 1.29 is 4.79 Å². The van der Waals surface area contributed by atoms with Crippen molar-refractivity contribution in [3.8, 4) is 0 Å². The largest absolute Gasteiger partial charge is 0.272 e. The molecule has 0 radical (unpaired) electrons. The molecule has 1 fully saturated rings. The highest BCUT2D eigenvalue weighted by atomic mass is 32.2. The first-order valence-electron chi connectivity index (χ1n) is 5.33. The average molecular weight is 264 g/mol. The fraction of sp³-hybridized carbons (Fsp3) is 0.250. The third kappa shape index (κ3) is 3.38. The van der Waals surface area contributed by atoms with E-state index in [1.54, 1.807) is 6.21 Å². The zero-order chi connectivity index (χ0) is 12.1. The zero-order valence-corrected chi connectivity index (χ0v) is 10.8. The summed E-state index contributed by atoms with van der Waals surface area (Å²) >= 11 is 6.38. The van der Waals surface area contributed by atoms with Gasteiger partial charge in [0.05, 0.1) is 5.75 Å². The molecule has 0 aromatic heterocycles. The Labute approximate surface area is 110 Å². The standard InChI is InChI=1S/C12H12N2OS2/c15-11-9-17-12(16)14(11)13-8-4-7-10-5-2-1-3-6-10/h1-3,5-6,8H,4,7,9H2. The number of hydrazone groups is 1. The summed E-state index contributed by atoms with van der Waals surface area (Å²) in [6, 6.07) is 10.2. The molecule has 1 heterocycles. The predicted octanol–water partition coefficient (Wildman–Crippen LogP) is 2.47. The molecule has 0 aliphatic carbocycles. The van der Waals surface area contributed by atoms with Gasteiger partial charge in [0, 0.05) is 6.21 Å². The number of rotatable bonds is 4. The van der Waals surface area contributed by atoms with Gasteiger partial charge >= 0.3 is 0 Å². The molecule has 17 heavy (non-hydrogen) atoms. The molecule has 0 spiro atoms. The molecule has 0 unspecified atom stereocenters. The number of thioether (sulfide) groups is 1. The van der Waals surface area contributed by atoms with Crippen molar-refractivity contribution in [3.05, 3.63) is 35.9 Å². The van der Waals surface area contributed by atoms with Gasteiger partial charge in [-0.25, -0.2) is 0 Å². The van der Waals surface area contributed by atoms with Crippen molar-refractivity contribution in [2.45, 2.75) is 12.8 Å². The molecule has 0 N–H and O–H groups in total. The molecule has 5 heteroatoms. The van der Waals surface area contributed by atoms with E-state index in [1.807, 2.05) is 18.2 Å². The molecule has 1 aliphatic heterocycles. The second-order valence-electron chi connectivity index (χ2n) is 3.58. The van der Waals surface area contributed by atoms with Gasteiger partial charge in [0.15, 0.2) is 4.32 Å². The van der Waals surface area contributed by atoms with Crippen molar-refractivity contribution in [2.24, 2.45) is 5.10 Å². The van der Waals surface area contributed by atoms with Gasteiger partial charge in [-0.15, -0.1) is 0 Å². The fourth-order valence-corrected chi connectivity index (χ4v) is 2.44. The number of hydrogen-bond donors (Lipinski definition) is 0. The highest BCUT2D eigenvalue weighted by molar-refractivity contribution is 8.23. The molecule has 0 saturated carbocycles. The van der Waals surface area contributed by atoms with Crippen LogP contribution in [0.2, 0.25) is 0 Å². The smallest absolute Gasteiger partial charge is 0.259 e. The van der Waals surface area contributed by atoms with Gasteiger partial charge in [0.2, 0.25) is 0 Å². The summed E-state index contributed by atoms with van der Waals surface area (Å²) in [6.07, 6.45) is 3.48. The Hall–Kier alpha value is -1.20. The van der Waals surface area contributed by atoms with E-state index in [0.29, 0.717) is 10.1 Å². The topological polar surface area (TPSA) is 32.7 Å². The minimum Gasteiger partial charge on any atom is -0.272 e. The summed E-state index contributed by atoms with van der Waals surface area (Å²) in [4.78, 5) is 11.4. The maximum absolute atomic E-state index is 11.4. The number of thiocarbonyl (C=S) groups is 1. The molecule has 1 amide bonds. The van der Waals surface area contributed by atoms with E-state index in [0.717, 1.165) is 12.8 Å². The van der Waals surface area contributed by atoms with Crippen LogP contribution in [0, 0.1) is 0 Å². The zero-order valence-electron chi connectivity index (χ0n) is 9.20. The third-order valence-electron chi connectivity index (χ3n) is 2.33.